The second-order valence-corrected chi connectivity index (χ2v) is 9.65. The lowest BCUT2D eigenvalue weighted by Crippen LogP contribution is -2.41. The molecule has 7 heteroatoms. The average Bonchev–Trinajstić information content (AvgIpc) is 3.43. The van der Waals surface area contributed by atoms with E-state index in [4.69, 9.17) is 14.6 Å². The molecule has 1 aliphatic rings. The van der Waals surface area contributed by atoms with E-state index in [0.717, 1.165) is 54.9 Å². The second-order valence-electron chi connectivity index (χ2n) is 9.65. The normalized spacial score (nSPS) is 14.9. The summed E-state index contributed by atoms with van der Waals surface area (Å²) in [5.74, 6) is 1.50. The first-order valence-corrected chi connectivity index (χ1v) is 13.1. The Kier molecular flexibility index (Phi) is 9.78. The monoisotopic (exact) mass is 516 g/mol. The van der Waals surface area contributed by atoms with Crippen LogP contribution >= 0.6 is 0 Å². The number of nitrogens with zero attached hydrogens (tertiary/aromatic N) is 1. The van der Waals surface area contributed by atoms with Gasteiger partial charge in [0.15, 0.2) is 0 Å². The summed E-state index contributed by atoms with van der Waals surface area (Å²) in [6, 6.07) is 24.4. The molecule has 1 unspecified atom stereocenters. The number of aromatic nitrogens is 1. The molecule has 0 bridgehead atoms. The molecule has 38 heavy (non-hydrogen) atoms. The summed E-state index contributed by atoms with van der Waals surface area (Å²) in [6.07, 6.45) is 3.61. The van der Waals surface area contributed by atoms with Gasteiger partial charge in [-0.3, -0.25) is 0 Å². The van der Waals surface area contributed by atoms with Gasteiger partial charge in [0.25, 0.3) is 0 Å². The maximum Gasteiger partial charge on any atom is 0.335 e. The molecule has 0 radical (unpaired) electrons. The minimum atomic E-state index is -0.879. The number of hydrogen-bond donors (Lipinski definition) is 3. The molecule has 3 aromatic carbocycles. The fraction of sp³-hybridized carbons (Fsp3) is 0.323. The fourth-order valence-electron chi connectivity index (χ4n) is 4.56. The van der Waals surface area contributed by atoms with Crippen LogP contribution in [0.5, 0.6) is 11.5 Å². The molecule has 0 saturated carbocycles. The molecule has 1 atom stereocenters. The molecule has 1 aliphatic heterocycles. The zero-order valence-electron chi connectivity index (χ0n) is 21.8. The maximum atomic E-state index is 10.4. The molecular weight excluding hydrogens is 480 g/mol. The Balaban J connectivity index is 0.000000317. The van der Waals surface area contributed by atoms with Gasteiger partial charge in [-0.15, -0.1) is 0 Å². The smallest absolute Gasteiger partial charge is 0.335 e. The summed E-state index contributed by atoms with van der Waals surface area (Å²) in [7, 11) is 0. The topological polar surface area (TPSA) is 95.0 Å². The van der Waals surface area contributed by atoms with E-state index in [-0.39, 0.29) is 0 Å². The molecule has 5 rings (SSSR count). The number of aliphatic hydroxyl groups excluding tert-OH is 1. The third kappa shape index (κ3) is 7.84. The van der Waals surface area contributed by atoms with E-state index in [1.807, 2.05) is 48.7 Å². The van der Waals surface area contributed by atoms with Gasteiger partial charge in [0.2, 0.25) is 0 Å². The van der Waals surface area contributed by atoms with Gasteiger partial charge in [-0.1, -0.05) is 42.5 Å². The molecule has 0 amide bonds. The van der Waals surface area contributed by atoms with Gasteiger partial charge in [-0.05, 0) is 80.7 Å². The van der Waals surface area contributed by atoms with Gasteiger partial charge in [0.1, 0.15) is 24.2 Å². The van der Waals surface area contributed by atoms with Gasteiger partial charge >= 0.3 is 5.97 Å². The molecule has 4 aromatic rings. The molecule has 1 fully saturated rings. The van der Waals surface area contributed by atoms with Gasteiger partial charge in [-0.25, -0.2) is 4.79 Å². The van der Waals surface area contributed by atoms with E-state index in [9.17, 15) is 9.90 Å². The van der Waals surface area contributed by atoms with Crippen molar-refractivity contribution in [2.45, 2.75) is 25.9 Å². The number of H-pyrrole nitrogens is 1. The van der Waals surface area contributed by atoms with Crippen LogP contribution in [0.2, 0.25) is 0 Å². The number of aryl methyl sites for hydroxylation is 1. The van der Waals surface area contributed by atoms with Crippen molar-refractivity contribution in [2.24, 2.45) is 5.92 Å². The number of carboxylic acid groups (broad SMARTS) is 1. The van der Waals surface area contributed by atoms with Crippen LogP contribution in [0.4, 0.5) is 0 Å². The van der Waals surface area contributed by atoms with E-state index >= 15 is 0 Å². The summed E-state index contributed by atoms with van der Waals surface area (Å²) in [5, 5.41) is 19.9. The number of aromatic amines is 1. The standard InChI is InChI=1S/C24H30N2O3.C7H6O2/c1-18-5-2-3-7-23(18)28-16-19-10-13-26(14-11-19)15-20(27)17-29-24-8-4-6-22-21(24)9-12-25-22;8-7(9)6-4-2-1-3-5-6/h2-9,12,19-20,25,27H,10-11,13-17H2,1H3;1-5H,(H,8,9). The Hall–Kier alpha value is -3.81. The lowest BCUT2D eigenvalue weighted by molar-refractivity contribution is 0.0507. The molecule has 1 aromatic heterocycles. The van der Waals surface area contributed by atoms with E-state index in [1.165, 1.54) is 5.56 Å². The number of rotatable bonds is 9. The molecule has 1 saturated heterocycles. The average molecular weight is 517 g/mol. The second kappa shape index (κ2) is 13.7. The highest BCUT2D eigenvalue weighted by atomic mass is 16.5. The SMILES string of the molecule is Cc1ccccc1OCC1CCN(CC(O)COc2cccc3[nH]ccc23)CC1.O=C(O)c1ccccc1. The zero-order chi connectivity index (χ0) is 26.7. The number of nitrogens with one attached hydrogen (secondary N) is 1. The molecule has 3 N–H and O–H groups in total. The summed E-state index contributed by atoms with van der Waals surface area (Å²) in [4.78, 5) is 15.7. The maximum absolute atomic E-state index is 10.4. The quantitative estimate of drug-likeness (QED) is 0.276. The number of carboxylic acids is 1. The van der Waals surface area contributed by atoms with Gasteiger partial charge in [0.05, 0.1) is 12.2 Å². The molecule has 0 aliphatic carbocycles. The van der Waals surface area contributed by atoms with E-state index in [0.29, 0.717) is 24.6 Å². The number of likely N-dealkylation sites (tertiary alicyclic amines) is 1. The van der Waals surface area contributed by atoms with Crippen LogP contribution in [-0.4, -0.2) is 65.0 Å². The van der Waals surface area contributed by atoms with Gasteiger partial charge in [-0.2, -0.15) is 0 Å². The molecule has 2 heterocycles. The molecule has 7 nitrogen and oxygen atoms in total. The van der Waals surface area contributed by atoms with Crippen molar-refractivity contribution in [3.8, 4) is 11.5 Å². The van der Waals surface area contributed by atoms with Crippen molar-refractivity contribution in [3.05, 3.63) is 96.2 Å². The Morgan fingerprint density at radius 1 is 0.947 bits per heavy atom. The number of ether oxygens (including phenoxy) is 2. The van der Waals surface area contributed by atoms with Crippen LogP contribution in [-0.2, 0) is 0 Å². The summed E-state index contributed by atoms with van der Waals surface area (Å²) < 4.78 is 11.9. The van der Waals surface area contributed by atoms with Gasteiger partial charge in [0, 0.05) is 23.6 Å². The van der Waals surface area contributed by atoms with E-state index in [2.05, 4.69) is 22.9 Å². The number of carbonyl (C=O) groups is 1. The van der Waals surface area contributed by atoms with Crippen LogP contribution < -0.4 is 9.47 Å². The Morgan fingerprint density at radius 3 is 2.37 bits per heavy atom. The Morgan fingerprint density at radius 2 is 1.66 bits per heavy atom. The Labute approximate surface area is 223 Å². The Bertz CT molecular complexity index is 1280. The zero-order valence-corrected chi connectivity index (χ0v) is 21.8. The lowest BCUT2D eigenvalue weighted by atomic mass is 9.97. The number of piperidine rings is 1. The van der Waals surface area contributed by atoms with Crippen LogP contribution in [0.1, 0.15) is 28.8 Å². The largest absolute Gasteiger partial charge is 0.493 e. The minimum Gasteiger partial charge on any atom is -0.493 e. The summed E-state index contributed by atoms with van der Waals surface area (Å²) >= 11 is 0. The van der Waals surface area contributed by atoms with E-state index in [1.54, 1.807) is 30.3 Å². The number of para-hydroxylation sites is 1. The number of aromatic carboxylic acids is 1. The third-order valence-electron chi connectivity index (χ3n) is 6.75. The number of benzene rings is 3. The van der Waals surface area contributed by atoms with Gasteiger partial charge < -0.3 is 29.6 Å². The number of aliphatic hydroxyl groups is 1. The van der Waals surface area contributed by atoms with Crippen molar-refractivity contribution in [2.75, 3.05) is 32.8 Å². The first-order chi connectivity index (χ1) is 18.5. The highest BCUT2D eigenvalue weighted by molar-refractivity contribution is 5.87. The summed E-state index contributed by atoms with van der Waals surface area (Å²) in [6.45, 7) is 5.79. The van der Waals surface area contributed by atoms with Crippen molar-refractivity contribution >= 4 is 16.9 Å². The number of hydrogen-bond acceptors (Lipinski definition) is 5. The lowest BCUT2D eigenvalue weighted by Gasteiger charge is -2.33. The predicted octanol–water partition coefficient (Wildman–Crippen LogP) is 5.39. The van der Waals surface area contributed by atoms with Crippen LogP contribution in [0.25, 0.3) is 10.9 Å². The first kappa shape index (κ1) is 27.2. The summed E-state index contributed by atoms with van der Waals surface area (Å²) in [5.41, 5.74) is 2.56. The van der Waals surface area contributed by atoms with Crippen molar-refractivity contribution in [3.63, 3.8) is 0 Å². The number of fused-ring (bicyclic) bond motifs is 1. The van der Waals surface area contributed by atoms with Crippen molar-refractivity contribution < 1.29 is 24.5 Å². The molecule has 200 valence electrons. The van der Waals surface area contributed by atoms with Crippen molar-refractivity contribution in [1.29, 1.82) is 0 Å². The van der Waals surface area contributed by atoms with E-state index < -0.39 is 12.1 Å². The fourth-order valence-corrected chi connectivity index (χ4v) is 4.56. The van der Waals surface area contributed by atoms with Crippen LogP contribution in [0.15, 0.2) is 85.1 Å². The highest BCUT2D eigenvalue weighted by Gasteiger charge is 2.22. The van der Waals surface area contributed by atoms with Crippen LogP contribution in [0, 0.1) is 12.8 Å². The predicted molar refractivity (Wildman–Crippen MR) is 149 cm³/mol. The molecular formula is C31H36N2O5. The van der Waals surface area contributed by atoms with Crippen LogP contribution in [0.3, 0.4) is 0 Å². The van der Waals surface area contributed by atoms with Crippen molar-refractivity contribution in [1.82, 2.24) is 9.88 Å². The first-order valence-electron chi connectivity index (χ1n) is 13.1. The molecule has 0 spiro atoms. The number of β-amino-alcohol motifs (C(OH)–C–C–N with tert-alkyl or cyclic N) is 1. The third-order valence-corrected chi connectivity index (χ3v) is 6.75. The highest BCUT2D eigenvalue weighted by Crippen LogP contribution is 2.25. The minimum absolute atomic E-state index is 0.306.